The fourth-order valence-corrected chi connectivity index (χ4v) is 0. The maximum atomic E-state index is 8.11. The maximum Gasteiger partial charge on any atom is 0 e. The Bertz CT molecular complexity index is 31.4. The average molecular weight is 152 g/mol. The van der Waals surface area contributed by atoms with Crippen molar-refractivity contribution in [3.05, 3.63) is 9.81 Å². The SMILES string of the molecule is O=NO.O=NO.[CaH2].[O]. The average Bonchev–Trinajstić information content (AvgIpc) is 1.39. The van der Waals surface area contributed by atoms with E-state index in [1.165, 1.54) is 10.7 Å². The fourth-order valence-electron chi connectivity index (χ4n) is 0. The number of hydrogen-bond donors (Lipinski definition) is 2. The van der Waals surface area contributed by atoms with Crippen molar-refractivity contribution in [3.8, 4) is 0 Å². The van der Waals surface area contributed by atoms with Gasteiger partial charge in [-0.1, -0.05) is 0 Å². The van der Waals surface area contributed by atoms with Crippen LogP contribution in [0.25, 0.3) is 0 Å². The van der Waals surface area contributed by atoms with Crippen molar-refractivity contribution in [1.29, 1.82) is 0 Å². The van der Waals surface area contributed by atoms with Crippen LogP contribution >= 0.6 is 0 Å². The minimum Gasteiger partial charge on any atom is 0 e. The fraction of sp³-hybridized carbons (Fsp3) is 0. The van der Waals surface area contributed by atoms with Gasteiger partial charge in [-0.05, 0) is 0 Å². The molecule has 0 saturated heterocycles. The molecule has 0 atom stereocenters. The van der Waals surface area contributed by atoms with E-state index >= 15 is 0 Å². The second-order valence-corrected chi connectivity index (χ2v) is 0.163. The summed E-state index contributed by atoms with van der Waals surface area (Å²) >= 11 is 0. The van der Waals surface area contributed by atoms with Crippen molar-refractivity contribution in [3.63, 3.8) is 0 Å². The van der Waals surface area contributed by atoms with Gasteiger partial charge in [0.1, 0.15) is 0 Å². The Hall–Kier alpha value is 0.0197. The van der Waals surface area contributed by atoms with E-state index in [1.54, 1.807) is 0 Å². The molecular formula is H4CaN2O5. The van der Waals surface area contributed by atoms with Gasteiger partial charge in [-0.15, -0.1) is 9.81 Å². The molecule has 0 aliphatic carbocycles. The second kappa shape index (κ2) is 62.4. The molecule has 0 saturated carbocycles. The van der Waals surface area contributed by atoms with E-state index in [0.29, 0.717) is 0 Å². The second-order valence-electron chi connectivity index (χ2n) is 0.163. The van der Waals surface area contributed by atoms with E-state index in [1.807, 2.05) is 0 Å². The molecule has 8 heavy (non-hydrogen) atoms. The van der Waals surface area contributed by atoms with Gasteiger partial charge in [0.25, 0.3) is 0 Å². The number of hydrogen-bond acceptors (Lipinski definition) is 4. The summed E-state index contributed by atoms with van der Waals surface area (Å²) in [4.78, 5) is 16.2. The molecule has 0 aliphatic rings. The predicted octanol–water partition coefficient (Wildman–Crippen LogP) is -0.751. The zero-order valence-corrected chi connectivity index (χ0v) is 3.01. The van der Waals surface area contributed by atoms with Crippen LogP contribution in [0.15, 0.2) is 10.7 Å². The van der Waals surface area contributed by atoms with Gasteiger partial charge in [0, 0.05) is 5.48 Å². The van der Waals surface area contributed by atoms with E-state index in [9.17, 15) is 0 Å². The maximum absolute atomic E-state index is 8.11. The predicted molar refractivity (Wildman–Crippen MR) is 24.4 cm³/mol. The van der Waals surface area contributed by atoms with Crippen molar-refractivity contribution < 1.29 is 15.9 Å². The third-order valence-electron chi connectivity index (χ3n) is 0. The first-order valence-corrected chi connectivity index (χ1v) is 0.765. The van der Waals surface area contributed by atoms with Gasteiger partial charge in [-0.25, -0.2) is 0 Å². The molecule has 0 amide bonds. The number of nitrogens with zero attached hydrogens (tertiary/aromatic N) is 2. The molecule has 0 spiro atoms. The van der Waals surface area contributed by atoms with Crippen LogP contribution < -0.4 is 0 Å². The van der Waals surface area contributed by atoms with E-state index in [-0.39, 0.29) is 43.2 Å². The van der Waals surface area contributed by atoms with Gasteiger partial charge < -0.3 is 10.4 Å². The minimum absolute atomic E-state index is 0. The third-order valence-corrected chi connectivity index (χ3v) is 0. The molecule has 0 unspecified atom stereocenters. The summed E-state index contributed by atoms with van der Waals surface area (Å²) in [6.45, 7) is 0. The largest absolute Gasteiger partial charge is 0 e. The van der Waals surface area contributed by atoms with Crippen LogP contribution in [0.5, 0.6) is 0 Å². The summed E-state index contributed by atoms with van der Waals surface area (Å²) in [5, 5.41) is 15.8. The molecule has 0 aromatic heterocycles. The topological polar surface area (TPSA) is 128 Å². The van der Waals surface area contributed by atoms with Crippen LogP contribution in [-0.4, -0.2) is 48.2 Å². The van der Waals surface area contributed by atoms with Gasteiger partial charge in [0.2, 0.25) is 0 Å². The monoisotopic (exact) mass is 152 g/mol. The molecular weight excluding hydrogens is 148 g/mol. The van der Waals surface area contributed by atoms with Crippen LogP contribution in [0.2, 0.25) is 0 Å². The molecule has 2 radical (unpaired) electrons. The molecule has 0 aromatic carbocycles. The van der Waals surface area contributed by atoms with Crippen LogP contribution in [0, 0.1) is 9.81 Å². The summed E-state index contributed by atoms with van der Waals surface area (Å²) in [6, 6.07) is 0. The standard InChI is InChI=1S/Ca.2HNO2.O.2H/c;2*2-1-3;;;/h;2*(H,2,3);;;. The van der Waals surface area contributed by atoms with Gasteiger partial charge >= 0.3 is 37.7 Å². The van der Waals surface area contributed by atoms with Crippen molar-refractivity contribution in [2.24, 2.45) is 10.7 Å². The van der Waals surface area contributed by atoms with Crippen molar-refractivity contribution in [1.82, 2.24) is 0 Å². The van der Waals surface area contributed by atoms with E-state index in [4.69, 9.17) is 20.2 Å². The van der Waals surface area contributed by atoms with Crippen LogP contribution in [0.1, 0.15) is 0 Å². The van der Waals surface area contributed by atoms with Crippen molar-refractivity contribution in [2.75, 3.05) is 0 Å². The first-order valence-electron chi connectivity index (χ1n) is 0.765. The Kier molecular flexibility index (Phi) is 191. The molecule has 8 heteroatoms. The molecule has 46 valence electrons. The summed E-state index contributed by atoms with van der Waals surface area (Å²) < 4.78 is 0. The molecule has 0 heterocycles. The third kappa shape index (κ3) is 389000. The van der Waals surface area contributed by atoms with Gasteiger partial charge in [-0.2, -0.15) is 0 Å². The zero-order chi connectivity index (χ0) is 5.41. The van der Waals surface area contributed by atoms with E-state index in [0.717, 1.165) is 0 Å². The first kappa shape index (κ1) is 24.5. The van der Waals surface area contributed by atoms with Gasteiger partial charge in [0.15, 0.2) is 10.7 Å². The molecule has 0 aromatic rings. The summed E-state index contributed by atoms with van der Waals surface area (Å²) in [7, 11) is 0. The smallest absolute Gasteiger partial charge is 0 e. The molecule has 0 fully saturated rings. The summed E-state index contributed by atoms with van der Waals surface area (Å²) in [5.74, 6) is 0. The Morgan fingerprint density at radius 1 is 1.00 bits per heavy atom. The van der Waals surface area contributed by atoms with Gasteiger partial charge in [-0.3, -0.25) is 0 Å². The Morgan fingerprint density at radius 3 is 1.00 bits per heavy atom. The van der Waals surface area contributed by atoms with Crippen LogP contribution in [0.3, 0.4) is 0 Å². The zero-order valence-electron chi connectivity index (χ0n) is 3.01. The number of rotatable bonds is 0. The molecule has 0 bridgehead atoms. The Labute approximate surface area is 73.9 Å². The van der Waals surface area contributed by atoms with E-state index in [2.05, 4.69) is 0 Å². The van der Waals surface area contributed by atoms with E-state index < -0.39 is 0 Å². The normalized spacial score (nSPS) is 3.00. The molecule has 7 nitrogen and oxygen atoms in total. The molecule has 2 N–H and O–H groups in total. The summed E-state index contributed by atoms with van der Waals surface area (Å²) in [5.41, 5.74) is 0. The minimum atomic E-state index is 0. The Balaban J connectivity index is -0.0000000160. The summed E-state index contributed by atoms with van der Waals surface area (Å²) in [6.07, 6.45) is 0. The van der Waals surface area contributed by atoms with Crippen LogP contribution in [0.4, 0.5) is 0 Å². The Morgan fingerprint density at radius 2 is 1.00 bits per heavy atom. The molecule has 0 aliphatic heterocycles. The van der Waals surface area contributed by atoms with Crippen molar-refractivity contribution in [2.45, 2.75) is 0 Å². The quantitative estimate of drug-likeness (QED) is 0.268. The molecule has 0 rings (SSSR count). The first-order chi connectivity index (χ1) is 2.83. The van der Waals surface area contributed by atoms with Crippen LogP contribution in [-0.2, 0) is 5.48 Å². The van der Waals surface area contributed by atoms with Crippen molar-refractivity contribution >= 4 is 37.7 Å². The van der Waals surface area contributed by atoms with Gasteiger partial charge in [0.05, 0.1) is 0 Å².